The van der Waals surface area contributed by atoms with Gasteiger partial charge >= 0.3 is 0 Å². The van der Waals surface area contributed by atoms with Gasteiger partial charge in [0.05, 0.1) is 6.61 Å². The fourth-order valence-electron chi connectivity index (χ4n) is 3.17. The quantitative estimate of drug-likeness (QED) is 0.485. The lowest BCUT2D eigenvalue weighted by molar-refractivity contribution is 0.135. The van der Waals surface area contributed by atoms with Crippen molar-refractivity contribution in [1.82, 2.24) is 9.21 Å². The molecule has 1 aliphatic heterocycles. The molecule has 0 saturated carbocycles. The summed E-state index contributed by atoms with van der Waals surface area (Å²) in [6.45, 7) is 6.39. The van der Waals surface area contributed by atoms with Gasteiger partial charge in [-0.1, -0.05) is 0 Å². The Morgan fingerprint density at radius 1 is 1.21 bits per heavy atom. The van der Waals surface area contributed by atoms with Crippen LogP contribution in [-0.2, 0) is 29.5 Å². The maximum absolute atomic E-state index is 13.2. The number of thiophene rings is 1. The van der Waals surface area contributed by atoms with Gasteiger partial charge in [-0.25, -0.2) is 22.0 Å². The topological polar surface area (TPSA) is 119 Å². The molecule has 1 aromatic heterocycles. The molecule has 0 aliphatic carbocycles. The molecule has 166 valence electrons. The van der Waals surface area contributed by atoms with E-state index in [2.05, 4.69) is 4.90 Å². The number of methoxy groups -OCH3 is 2. The maximum atomic E-state index is 13.2. The van der Waals surface area contributed by atoms with Crippen LogP contribution in [-0.4, -0.2) is 79.2 Å². The largest absolute Gasteiger partial charge is 0.385 e. The van der Waals surface area contributed by atoms with Crippen LogP contribution >= 0.6 is 11.3 Å². The third-order valence-corrected chi connectivity index (χ3v) is 9.50. The Hall–Kier alpha value is -1.02. The number of fused-ring (bicyclic) bond motifs is 1. The highest BCUT2D eigenvalue weighted by atomic mass is 32.3. The average Bonchev–Trinajstić information content (AvgIpc) is 3.04. The molecule has 12 heteroatoms. The van der Waals surface area contributed by atoms with Crippen LogP contribution in [0.4, 0.5) is 0 Å². The maximum Gasteiger partial charge on any atom is 0.274 e. The van der Waals surface area contributed by atoms with Crippen molar-refractivity contribution in [3.8, 4) is 0 Å². The van der Waals surface area contributed by atoms with Crippen LogP contribution in [0.5, 0.6) is 0 Å². The van der Waals surface area contributed by atoms with Crippen molar-refractivity contribution in [1.29, 1.82) is 0 Å². The first-order valence-electron chi connectivity index (χ1n) is 9.14. The molecule has 1 aromatic rings. The van der Waals surface area contributed by atoms with Crippen molar-refractivity contribution < 1.29 is 26.3 Å². The summed E-state index contributed by atoms with van der Waals surface area (Å²) in [6, 6.07) is 0.997. The van der Waals surface area contributed by atoms with Crippen LogP contribution in [0.3, 0.4) is 0 Å². The molecule has 29 heavy (non-hydrogen) atoms. The molecular weight excluding hydrogens is 438 g/mol. The summed E-state index contributed by atoms with van der Waals surface area (Å²) in [5, 5.41) is 5.21. The van der Waals surface area contributed by atoms with E-state index in [1.165, 1.54) is 10.4 Å². The van der Waals surface area contributed by atoms with Gasteiger partial charge in [-0.3, -0.25) is 9.21 Å². The van der Waals surface area contributed by atoms with E-state index in [4.69, 9.17) is 14.6 Å². The summed E-state index contributed by atoms with van der Waals surface area (Å²) >= 11 is 0.685. The molecule has 2 N–H and O–H groups in total. The molecule has 0 spiro atoms. The van der Waals surface area contributed by atoms with Crippen LogP contribution in [0.1, 0.15) is 25.8 Å². The molecule has 0 amide bonds. The van der Waals surface area contributed by atoms with Crippen molar-refractivity contribution in [2.75, 3.05) is 47.1 Å². The lowest BCUT2D eigenvalue weighted by Gasteiger charge is -2.35. The van der Waals surface area contributed by atoms with Crippen molar-refractivity contribution >= 4 is 37.5 Å². The standard InChI is InChI=1S/C17H29N3O6S3/c1-13(2)20-15(12-19(7-9-26-4)6-5-8-25-3)10-14-11-16(28(18,21)22)27-17(14)29(20,23)24/h10-11,13H,5-9,12H2,1-4H3,(H2,18,21,22). The van der Waals surface area contributed by atoms with Gasteiger partial charge in [-0.2, -0.15) is 0 Å². The number of hydrogen-bond donors (Lipinski definition) is 1. The summed E-state index contributed by atoms with van der Waals surface area (Å²) in [5.41, 5.74) is 0.939. The first-order chi connectivity index (χ1) is 13.5. The van der Waals surface area contributed by atoms with Gasteiger partial charge in [0, 0.05) is 57.8 Å². The van der Waals surface area contributed by atoms with E-state index in [-0.39, 0.29) is 14.5 Å². The summed E-state index contributed by atoms with van der Waals surface area (Å²) in [7, 11) is -4.62. The second-order valence-electron chi connectivity index (χ2n) is 7.00. The molecule has 9 nitrogen and oxygen atoms in total. The number of primary sulfonamides is 1. The molecule has 1 aliphatic rings. The minimum atomic E-state index is -3.99. The van der Waals surface area contributed by atoms with E-state index in [0.717, 1.165) is 6.42 Å². The number of rotatable bonds is 11. The monoisotopic (exact) mass is 467 g/mol. The van der Waals surface area contributed by atoms with E-state index >= 15 is 0 Å². The third kappa shape index (κ3) is 5.78. The van der Waals surface area contributed by atoms with Gasteiger partial charge < -0.3 is 9.47 Å². The Bertz CT molecular complexity index is 938. The Balaban J connectivity index is 2.44. The van der Waals surface area contributed by atoms with Crippen molar-refractivity contribution in [2.24, 2.45) is 5.14 Å². The molecule has 0 bridgehead atoms. The molecule has 0 atom stereocenters. The van der Waals surface area contributed by atoms with Crippen LogP contribution < -0.4 is 5.14 Å². The molecule has 0 radical (unpaired) electrons. The summed E-state index contributed by atoms with van der Waals surface area (Å²) < 4.78 is 61.4. The Morgan fingerprint density at radius 3 is 2.41 bits per heavy atom. The van der Waals surface area contributed by atoms with Gasteiger partial charge in [0.2, 0.25) is 10.0 Å². The summed E-state index contributed by atoms with van der Waals surface area (Å²) in [4.78, 5) is 2.09. The van der Waals surface area contributed by atoms with E-state index in [9.17, 15) is 16.8 Å². The Morgan fingerprint density at radius 2 is 1.86 bits per heavy atom. The second kappa shape index (κ2) is 9.86. The molecule has 0 fully saturated rings. The normalized spacial score (nSPS) is 16.4. The number of nitrogens with two attached hydrogens (primary N) is 1. The van der Waals surface area contributed by atoms with Gasteiger partial charge in [0.1, 0.15) is 8.42 Å². The fourth-order valence-corrected chi connectivity index (χ4v) is 7.44. The highest BCUT2D eigenvalue weighted by Crippen LogP contribution is 2.39. The van der Waals surface area contributed by atoms with Crippen molar-refractivity contribution in [3.05, 3.63) is 17.3 Å². The molecule has 0 aromatic carbocycles. The highest BCUT2D eigenvalue weighted by Gasteiger charge is 2.37. The average molecular weight is 468 g/mol. The zero-order valence-corrected chi connectivity index (χ0v) is 19.6. The predicted molar refractivity (Wildman–Crippen MR) is 113 cm³/mol. The fraction of sp³-hybridized carbons (Fsp3) is 0.647. The molecule has 0 saturated heterocycles. The van der Waals surface area contributed by atoms with Gasteiger partial charge in [0.25, 0.3) is 10.0 Å². The molecular formula is C17H29N3O6S3. The minimum absolute atomic E-state index is 0.00167. The molecule has 2 rings (SSSR count). The van der Waals surface area contributed by atoms with Crippen LogP contribution in [0, 0.1) is 0 Å². The first kappa shape index (κ1) is 24.3. The van der Waals surface area contributed by atoms with Gasteiger partial charge in [-0.15, -0.1) is 11.3 Å². The minimum Gasteiger partial charge on any atom is -0.385 e. The predicted octanol–water partition coefficient (Wildman–Crippen LogP) is 1.13. The lowest BCUT2D eigenvalue weighted by atomic mass is 10.2. The van der Waals surface area contributed by atoms with Crippen LogP contribution in [0.2, 0.25) is 0 Å². The third-order valence-electron chi connectivity index (χ3n) is 4.37. The van der Waals surface area contributed by atoms with E-state index < -0.39 is 20.0 Å². The van der Waals surface area contributed by atoms with E-state index in [1.54, 1.807) is 34.1 Å². The van der Waals surface area contributed by atoms with E-state index in [1.807, 2.05) is 0 Å². The SMILES string of the molecule is COCCCN(CCOC)CC1=Cc2cc(S(N)(=O)=O)sc2S(=O)(=O)N1C(C)C. The van der Waals surface area contributed by atoms with Crippen molar-refractivity contribution in [2.45, 2.75) is 34.7 Å². The number of nitrogens with zero attached hydrogens (tertiary/aromatic N) is 2. The zero-order valence-electron chi connectivity index (χ0n) is 17.1. The van der Waals surface area contributed by atoms with Crippen molar-refractivity contribution in [3.63, 3.8) is 0 Å². The smallest absolute Gasteiger partial charge is 0.274 e. The molecule has 0 unspecified atom stereocenters. The zero-order chi connectivity index (χ0) is 21.8. The molecule has 2 heterocycles. The van der Waals surface area contributed by atoms with Gasteiger partial charge in [-0.05, 0) is 32.4 Å². The second-order valence-corrected chi connectivity index (χ2v) is 11.8. The summed E-state index contributed by atoms with van der Waals surface area (Å²) in [5.74, 6) is 0. The number of sulfonamides is 2. The van der Waals surface area contributed by atoms with Crippen LogP contribution in [0.25, 0.3) is 6.08 Å². The van der Waals surface area contributed by atoms with E-state index in [0.29, 0.717) is 55.4 Å². The number of ether oxygens (including phenoxy) is 2. The number of hydrogen-bond acceptors (Lipinski definition) is 8. The highest BCUT2D eigenvalue weighted by molar-refractivity contribution is 7.94. The lowest BCUT2D eigenvalue weighted by Crippen LogP contribution is -2.43. The Kier molecular flexibility index (Phi) is 8.24. The first-order valence-corrected chi connectivity index (χ1v) is 12.9. The van der Waals surface area contributed by atoms with Gasteiger partial charge in [0.15, 0.2) is 0 Å². The Labute approximate surface area is 177 Å². The van der Waals surface area contributed by atoms with Crippen LogP contribution in [0.15, 0.2) is 20.2 Å². The summed E-state index contributed by atoms with van der Waals surface area (Å²) in [6.07, 6.45) is 2.53.